The first-order valence-electron chi connectivity index (χ1n) is 5.95. The van der Waals surface area contributed by atoms with E-state index in [1.807, 2.05) is 42.7 Å². The second kappa shape index (κ2) is 5.41. The quantitative estimate of drug-likeness (QED) is 0.808. The minimum Gasteiger partial charge on any atom is -0.321 e. The van der Waals surface area contributed by atoms with E-state index in [-0.39, 0.29) is 11.8 Å². The zero-order valence-corrected chi connectivity index (χ0v) is 11.6. The number of hydrogen-bond donors (Lipinski definition) is 0. The summed E-state index contributed by atoms with van der Waals surface area (Å²) in [6.07, 6.45) is 1.64. The lowest BCUT2D eigenvalue weighted by Gasteiger charge is -2.12. The summed E-state index contributed by atoms with van der Waals surface area (Å²) in [6.45, 7) is 3.86. The van der Waals surface area contributed by atoms with Crippen molar-refractivity contribution in [1.82, 2.24) is 4.57 Å². The lowest BCUT2D eigenvalue weighted by Crippen LogP contribution is -2.15. The van der Waals surface area contributed by atoms with E-state index in [1.54, 1.807) is 6.20 Å². The van der Waals surface area contributed by atoms with Crippen molar-refractivity contribution in [2.24, 2.45) is 0 Å². The van der Waals surface area contributed by atoms with Crippen LogP contribution in [0.4, 0.5) is 0 Å². The van der Waals surface area contributed by atoms with Crippen LogP contribution in [0.15, 0.2) is 41.3 Å². The minimum atomic E-state index is -0.531. The van der Waals surface area contributed by atoms with Crippen LogP contribution in [0.25, 0.3) is 5.69 Å². The second-order valence-corrected chi connectivity index (χ2v) is 4.97. The van der Waals surface area contributed by atoms with E-state index in [9.17, 15) is 9.59 Å². The first kappa shape index (κ1) is 13.6. The average molecular weight is 276 g/mol. The highest BCUT2D eigenvalue weighted by molar-refractivity contribution is 6.63. The van der Waals surface area contributed by atoms with Gasteiger partial charge in [0.05, 0.1) is 6.42 Å². The number of hydrogen-bond acceptors (Lipinski definition) is 2. The van der Waals surface area contributed by atoms with Crippen LogP contribution < -0.4 is 5.43 Å². The summed E-state index contributed by atoms with van der Waals surface area (Å²) in [7, 11) is 0. The van der Waals surface area contributed by atoms with Gasteiger partial charge in [0.2, 0.25) is 5.24 Å². The number of aromatic nitrogens is 1. The van der Waals surface area contributed by atoms with Gasteiger partial charge in [-0.3, -0.25) is 9.59 Å². The predicted molar refractivity (Wildman–Crippen MR) is 76.1 cm³/mol. The highest BCUT2D eigenvalue weighted by Crippen LogP contribution is 2.13. The summed E-state index contributed by atoms with van der Waals surface area (Å²) in [4.78, 5) is 22.8. The predicted octanol–water partition coefficient (Wildman–Crippen LogP) is 2.76. The molecule has 0 spiro atoms. The SMILES string of the molecule is Cc1cccc(-n2cc(CC(=O)Cl)c(=O)cc2C)c1. The van der Waals surface area contributed by atoms with Crippen LogP contribution in [0, 0.1) is 13.8 Å². The molecule has 2 rings (SSSR count). The van der Waals surface area contributed by atoms with Crippen LogP contribution >= 0.6 is 11.6 Å². The molecule has 1 aromatic heterocycles. The Morgan fingerprint density at radius 1 is 1.26 bits per heavy atom. The first-order valence-corrected chi connectivity index (χ1v) is 6.33. The summed E-state index contributed by atoms with van der Waals surface area (Å²) in [6, 6.07) is 9.46. The zero-order valence-electron chi connectivity index (χ0n) is 10.8. The van der Waals surface area contributed by atoms with Crippen LogP contribution in [-0.4, -0.2) is 9.81 Å². The molecular weight excluding hydrogens is 262 g/mol. The number of rotatable bonds is 3. The molecule has 0 aliphatic carbocycles. The first-order chi connectivity index (χ1) is 8.97. The van der Waals surface area contributed by atoms with Crippen molar-refractivity contribution in [3.8, 4) is 5.69 Å². The summed E-state index contributed by atoms with van der Waals surface area (Å²) in [5.41, 5.74) is 3.16. The number of carbonyl (C=O) groups is 1. The maximum absolute atomic E-state index is 11.8. The van der Waals surface area contributed by atoms with Gasteiger partial charge >= 0.3 is 0 Å². The molecule has 98 valence electrons. The van der Waals surface area contributed by atoms with Gasteiger partial charge < -0.3 is 4.57 Å². The molecule has 3 nitrogen and oxygen atoms in total. The molecule has 0 unspecified atom stereocenters. The van der Waals surface area contributed by atoms with Crippen molar-refractivity contribution in [2.45, 2.75) is 20.3 Å². The molecule has 0 atom stereocenters. The fraction of sp³-hybridized carbons (Fsp3) is 0.200. The smallest absolute Gasteiger partial charge is 0.226 e. The standard InChI is InChI=1S/C15H14ClNO2/c1-10-4-3-5-13(6-10)17-9-12(8-15(16)19)14(18)7-11(17)2/h3-7,9H,8H2,1-2H3. The van der Waals surface area contributed by atoms with E-state index in [1.165, 1.54) is 6.07 Å². The lowest BCUT2D eigenvalue weighted by atomic mass is 10.1. The van der Waals surface area contributed by atoms with Crippen molar-refractivity contribution < 1.29 is 4.79 Å². The molecule has 1 aromatic carbocycles. The van der Waals surface area contributed by atoms with Crippen molar-refractivity contribution in [2.75, 3.05) is 0 Å². The number of carbonyl (C=O) groups excluding carboxylic acids is 1. The molecule has 0 fully saturated rings. The molecule has 0 amide bonds. The van der Waals surface area contributed by atoms with Crippen LogP contribution in [0.2, 0.25) is 0 Å². The summed E-state index contributed by atoms with van der Waals surface area (Å²) in [5.74, 6) is 0. The van der Waals surface area contributed by atoms with Crippen LogP contribution in [-0.2, 0) is 11.2 Å². The summed E-state index contributed by atoms with van der Waals surface area (Å²) >= 11 is 5.36. The van der Waals surface area contributed by atoms with E-state index >= 15 is 0 Å². The molecule has 1 heterocycles. The normalized spacial score (nSPS) is 10.5. The summed E-state index contributed by atoms with van der Waals surface area (Å²) in [5, 5.41) is -0.531. The highest BCUT2D eigenvalue weighted by atomic mass is 35.5. The Morgan fingerprint density at radius 2 is 2.00 bits per heavy atom. The molecule has 0 radical (unpaired) electrons. The van der Waals surface area contributed by atoms with Crippen molar-refractivity contribution in [1.29, 1.82) is 0 Å². The average Bonchev–Trinajstić information content (AvgIpc) is 2.32. The van der Waals surface area contributed by atoms with Crippen molar-refractivity contribution >= 4 is 16.8 Å². The maximum atomic E-state index is 11.8. The third kappa shape index (κ3) is 3.12. The third-order valence-corrected chi connectivity index (χ3v) is 3.06. The van der Waals surface area contributed by atoms with Crippen LogP contribution in [0.1, 0.15) is 16.8 Å². The van der Waals surface area contributed by atoms with E-state index in [2.05, 4.69) is 0 Å². The molecule has 0 saturated carbocycles. The van der Waals surface area contributed by atoms with Gasteiger partial charge in [0, 0.05) is 29.2 Å². The topological polar surface area (TPSA) is 39.1 Å². The largest absolute Gasteiger partial charge is 0.321 e. The Morgan fingerprint density at radius 3 is 2.63 bits per heavy atom. The third-order valence-electron chi connectivity index (χ3n) is 2.93. The van der Waals surface area contributed by atoms with E-state index < -0.39 is 5.24 Å². The maximum Gasteiger partial charge on any atom is 0.226 e. The highest BCUT2D eigenvalue weighted by Gasteiger charge is 2.08. The minimum absolute atomic E-state index is 0.0491. The number of nitrogens with zero attached hydrogens (tertiary/aromatic N) is 1. The number of benzene rings is 1. The molecule has 0 saturated heterocycles. The molecule has 4 heteroatoms. The molecule has 0 N–H and O–H groups in total. The number of aryl methyl sites for hydroxylation is 2. The van der Waals surface area contributed by atoms with Crippen molar-refractivity contribution in [3.05, 3.63) is 63.6 Å². The van der Waals surface area contributed by atoms with Gasteiger partial charge in [-0.15, -0.1) is 0 Å². The molecular formula is C15H14ClNO2. The molecule has 0 bridgehead atoms. The molecule has 0 aliphatic rings. The number of halogens is 1. The monoisotopic (exact) mass is 275 g/mol. The molecule has 19 heavy (non-hydrogen) atoms. The lowest BCUT2D eigenvalue weighted by molar-refractivity contribution is -0.111. The molecule has 0 aliphatic heterocycles. The Bertz CT molecular complexity index is 689. The van der Waals surface area contributed by atoms with Gasteiger partial charge in [0.25, 0.3) is 0 Å². The zero-order chi connectivity index (χ0) is 14.0. The second-order valence-electron chi connectivity index (χ2n) is 4.55. The Labute approximate surface area is 116 Å². The van der Waals surface area contributed by atoms with Crippen LogP contribution in [0.3, 0.4) is 0 Å². The van der Waals surface area contributed by atoms with E-state index in [4.69, 9.17) is 11.6 Å². The van der Waals surface area contributed by atoms with Crippen molar-refractivity contribution in [3.63, 3.8) is 0 Å². The van der Waals surface area contributed by atoms with Gasteiger partial charge in [0.1, 0.15) is 0 Å². The van der Waals surface area contributed by atoms with Crippen LogP contribution in [0.5, 0.6) is 0 Å². The van der Waals surface area contributed by atoms with E-state index in [0.717, 1.165) is 16.9 Å². The fourth-order valence-electron chi connectivity index (χ4n) is 2.01. The van der Waals surface area contributed by atoms with Gasteiger partial charge in [-0.25, -0.2) is 0 Å². The van der Waals surface area contributed by atoms with Gasteiger partial charge in [0.15, 0.2) is 5.43 Å². The van der Waals surface area contributed by atoms with Gasteiger partial charge in [-0.2, -0.15) is 0 Å². The Balaban J connectivity index is 2.57. The number of pyridine rings is 1. The van der Waals surface area contributed by atoms with Gasteiger partial charge in [-0.05, 0) is 43.1 Å². The Hall–Kier alpha value is -1.87. The Kier molecular flexibility index (Phi) is 3.86. The fourth-order valence-corrected chi connectivity index (χ4v) is 2.16. The molecule has 2 aromatic rings. The van der Waals surface area contributed by atoms with E-state index in [0.29, 0.717) is 5.56 Å². The summed E-state index contributed by atoms with van der Waals surface area (Å²) < 4.78 is 1.89. The van der Waals surface area contributed by atoms with Gasteiger partial charge in [-0.1, -0.05) is 12.1 Å².